The van der Waals surface area contributed by atoms with Crippen LogP contribution in [0.4, 0.5) is 13.2 Å². The molecule has 1 atom stereocenters. The normalized spacial score (nSPS) is 13.5. The average molecular weight is 268 g/mol. The maximum absolute atomic E-state index is 12.6. The summed E-state index contributed by atoms with van der Waals surface area (Å²) in [7, 11) is 0. The Kier molecular flexibility index (Phi) is 4.65. The van der Waals surface area contributed by atoms with Gasteiger partial charge in [-0.25, -0.2) is 0 Å². The Hall–Kier alpha value is -0.940. The minimum atomic E-state index is -4.43. The minimum Gasteiger partial charge on any atom is -0.481 e. The monoisotopic (exact) mass is 267 g/mol. The van der Waals surface area contributed by atoms with E-state index in [-0.39, 0.29) is 18.7 Å². The van der Waals surface area contributed by atoms with Crippen LogP contribution in [0.5, 0.6) is 5.75 Å². The first-order chi connectivity index (χ1) is 7.84. The summed E-state index contributed by atoms with van der Waals surface area (Å²) >= 11 is 5.71. The number of nitrogens with two attached hydrogens (primary N) is 1. The summed E-state index contributed by atoms with van der Waals surface area (Å²) in [5.74, 6) is 0.171. The van der Waals surface area contributed by atoms with Crippen LogP contribution in [0.1, 0.15) is 12.0 Å². The molecule has 6 heteroatoms. The van der Waals surface area contributed by atoms with Crippen molar-refractivity contribution in [3.8, 4) is 5.75 Å². The molecule has 0 aromatic heterocycles. The zero-order chi connectivity index (χ0) is 13.1. The molecule has 1 rings (SSSR count). The van der Waals surface area contributed by atoms with Gasteiger partial charge in [-0.1, -0.05) is 11.6 Å². The van der Waals surface area contributed by atoms with E-state index >= 15 is 0 Å². The van der Waals surface area contributed by atoms with E-state index in [0.29, 0.717) is 10.6 Å². The molecular formula is C11H13ClF3NO. The van der Waals surface area contributed by atoms with Gasteiger partial charge in [0, 0.05) is 11.4 Å². The number of hydrogen-bond donors (Lipinski definition) is 1. The van der Waals surface area contributed by atoms with Gasteiger partial charge in [-0.15, -0.1) is 0 Å². The summed E-state index contributed by atoms with van der Waals surface area (Å²) < 4.78 is 42.7. The Morgan fingerprint density at radius 3 is 2.53 bits per heavy atom. The van der Waals surface area contributed by atoms with Crippen LogP contribution in [0.2, 0.25) is 5.02 Å². The molecule has 0 aliphatic heterocycles. The highest BCUT2D eigenvalue weighted by molar-refractivity contribution is 6.30. The second-order valence-corrected chi connectivity index (χ2v) is 4.07. The fraction of sp³-hybridized carbons (Fsp3) is 0.455. The fourth-order valence-electron chi connectivity index (χ4n) is 1.34. The molecule has 1 aromatic rings. The molecular weight excluding hydrogens is 255 g/mol. The molecule has 1 unspecified atom stereocenters. The van der Waals surface area contributed by atoms with Crippen molar-refractivity contribution in [2.45, 2.75) is 25.6 Å². The molecule has 0 radical (unpaired) electrons. The van der Waals surface area contributed by atoms with Crippen molar-refractivity contribution in [1.82, 2.24) is 0 Å². The third-order valence-corrected chi connectivity index (χ3v) is 2.44. The molecule has 96 valence electrons. The molecule has 2 N–H and O–H groups in total. The lowest BCUT2D eigenvalue weighted by Gasteiger charge is -2.22. The van der Waals surface area contributed by atoms with Crippen molar-refractivity contribution < 1.29 is 17.9 Å². The van der Waals surface area contributed by atoms with E-state index in [9.17, 15) is 13.2 Å². The lowest BCUT2D eigenvalue weighted by Crippen LogP contribution is -2.36. The van der Waals surface area contributed by atoms with Crippen molar-refractivity contribution in [2.75, 3.05) is 6.54 Å². The molecule has 0 saturated heterocycles. The lowest BCUT2D eigenvalue weighted by atomic mass is 10.2. The zero-order valence-electron chi connectivity index (χ0n) is 9.22. The van der Waals surface area contributed by atoms with Gasteiger partial charge >= 0.3 is 6.18 Å². The van der Waals surface area contributed by atoms with Crippen LogP contribution in [0.25, 0.3) is 0 Å². The molecule has 0 aliphatic carbocycles. The van der Waals surface area contributed by atoms with Gasteiger partial charge < -0.3 is 10.5 Å². The van der Waals surface area contributed by atoms with Crippen LogP contribution >= 0.6 is 11.6 Å². The van der Waals surface area contributed by atoms with Gasteiger partial charge in [0.05, 0.1) is 0 Å². The Balaban J connectivity index is 2.86. The summed E-state index contributed by atoms with van der Waals surface area (Å²) in [4.78, 5) is 0. The number of hydrogen-bond acceptors (Lipinski definition) is 2. The first-order valence-electron chi connectivity index (χ1n) is 5.04. The standard InChI is InChI=1S/C11H13ClF3NO/c1-7-6-8(12)2-3-9(7)17-10(4-5-16)11(13,14)15/h2-3,6,10H,4-5,16H2,1H3. The SMILES string of the molecule is Cc1cc(Cl)ccc1OC(CCN)C(F)(F)F. The molecule has 0 heterocycles. The molecule has 0 aliphatic rings. The van der Waals surface area contributed by atoms with E-state index in [0.717, 1.165) is 0 Å². The number of rotatable bonds is 4. The summed E-state index contributed by atoms with van der Waals surface area (Å²) in [5, 5.41) is 0.456. The number of ether oxygens (including phenoxy) is 1. The van der Waals surface area contributed by atoms with Crippen LogP contribution in [0.15, 0.2) is 18.2 Å². The van der Waals surface area contributed by atoms with E-state index in [1.165, 1.54) is 12.1 Å². The molecule has 0 saturated carbocycles. The average Bonchev–Trinajstić information content (AvgIpc) is 2.19. The molecule has 0 amide bonds. The van der Waals surface area contributed by atoms with Crippen LogP contribution in [-0.2, 0) is 0 Å². The van der Waals surface area contributed by atoms with Gasteiger partial charge in [-0.05, 0) is 37.2 Å². The van der Waals surface area contributed by atoms with E-state index in [2.05, 4.69) is 0 Å². The second-order valence-electron chi connectivity index (χ2n) is 3.64. The van der Waals surface area contributed by atoms with Gasteiger partial charge in [0.25, 0.3) is 0 Å². The van der Waals surface area contributed by atoms with Gasteiger partial charge in [0.2, 0.25) is 0 Å². The summed E-state index contributed by atoms with van der Waals surface area (Å²) in [6, 6.07) is 4.46. The van der Waals surface area contributed by atoms with E-state index < -0.39 is 12.3 Å². The fourth-order valence-corrected chi connectivity index (χ4v) is 1.57. The maximum Gasteiger partial charge on any atom is 0.425 e. The topological polar surface area (TPSA) is 35.2 Å². The Morgan fingerprint density at radius 1 is 1.41 bits per heavy atom. The van der Waals surface area contributed by atoms with Crippen LogP contribution in [0, 0.1) is 6.92 Å². The van der Waals surface area contributed by atoms with Gasteiger partial charge in [0.15, 0.2) is 6.10 Å². The van der Waals surface area contributed by atoms with Crippen LogP contribution < -0.4 is 10.5 Å². The number of aryl methyl sites for hydroxylation is 1. The van der Waals surface area contributed by atoms with Crippen molar-refractivity contribution in [1.29, 1.82) is 0 Å². The highest BCUT2D eigenvalue weighted by Crippen LogP contribution is 2.29. The first-order valence-corrected chi connectivity index (χ1v) is 5.42. The Morgan fingerprint density at radius 2 is 2.06 bits per heavy atom. The van der Waals surface area contributed by atoms with Crippen LogP contribution in [0.3, 0.4) is 0 Å². The first kappa shape index (κ1) is 14.1. The molecule has 17 heavy (non-hydrogen) atoms. The quantitative estimate of drug-likeness (QED) is 0.908. The summed E-state index contributed by atoms with van der Waals surface area (Å²) in [6.45, 7) is 1.55. The van der Waals surface area contributed by atoms with Crippen molar-refractivity contribution >= 4 is 11.6 Å². The molecule has 0 bridgehead atoms. The number of halogens is 4. The summed E-state index contributed by atoms with van der Waals surface area (Å²) in [6.07, 6.45) is -6.58. The number of benzene rings is 1. The van der Waals surface area contributed by atoms with Crippen molar-refractivity contribution in [3.05, 3.63) is 28.8 Å². The number of alkyl halides is 3. The summed E-state index contributed by atoms with van der Waals surface area (Å²) in [5.41, 5.74) is 5.70. The predicted octanol–water partition coefficient (Wildman–Crippen LogP) is 3.31. The van der Waals surface area contributed by atoms with Gasteiger partial charge in [-0.2, -0.15) is 13.2 Å². The van der Waals surface area contributed by atoms with E-state index in [1.54, 1.807) is 13.0 Å². The molecule has 2 nitrogen and oxygen atoms in total. The predicted molar refractivity (Wildman–Crippen MR) is 60.3 cm³/mol. The molecule has 0 spiro atoms. The van der Waals surface area contributed by atoms with Gasteiger partial charge in [-0.3, -0.25) is 0 Å². The lowest BCUT2D eigenvalue weighted by molar-refractivity contribution is -0.196. The van der Waals surface area contributed by atoms with Gasteiger partial charge in [0.1, 0.15) is 5.75 Å². The van der Waals surface area contributed by atoms with Crippen molar-refractivity contribution in [3.63, 3.8) is 0 Å². The maximum atomic E-state index is 12.6. The van der Waals surface area contributed by atoms with E-state index in [4.69, 9.17) is 22.1 Å². The zero-order valence-corrected chi connectivity index (χ0v) is 9.98. The van der Waals surface area contributed by atoms with E-state index in [1.807, 2.05) is 0 Å². The highest BCUT2D eigenvalue weighted by Gasteiger charge is 2.41. The highest BCUT2D eigenvalue weighted by atomic mass is 35.5. The van der Waals surface area contributed by atoms with Crippen molar-refractivity contribution in [2.24, 2.45) is 5.73 Å². The smallest absolute Gasteiger partial charge is 0.425 e. The molecule has 0 fully saturated rings. The third kappa shape index (κ3) is 4.09. The van der Waals surface area contributed by atoms with Crippen LogP contribution in [-0.4, -0.2) is 18.8 Å². The Labute approximate surface area is 103 Å². The second kappa shape index (κ2) is 5.60. The molecule has 1 aromatic carbocycles. The minimum absolute atomic E-state index is 0.0865. The largest absolute Gasteiger partial charge is 0.481 e. The Bertz CT molecular complexity index is 381. The third-order valence-electron chi connectivity index (χ3n) is 2.20.